The Kier molecular flexibility index (Phi) is 18.1. The average Bonchev–Trinajstić information content (AvgIpc) is 3.35. The third-order valence-corrected chi connectivity index (χ3v) is 11.6. The number of benzene rings is 5. The number of hydrogen-bond donors (Lipinski definition) is 0. The zero-order valence-corrected chi connectivity index (χ0v) is 39.4. The van der Waals surface area contributed by atoms with E-state index in [4.69, 9.17) is 4.74 Å². The largest absolute Gasteiger partial charge is 0.465 e. The van der Waals surface area contributed by atoms with Crippen LogP contribution in [0.1, 0.15) is 99.6 Å². The summed E-state index contributed by atoms with van der Waals surface area (Å²) >= 11 is 0. The molecule has 0 aliphatic rings. The molecule has 0 amide bonds. The second-order valence-corrected chi connectivity index (χ2v) is 16.7. The highest BCUT2D eigenvalue weighted by Crippen LogP contribution is 2.60. The molecule has 5 aromatic rings. The van der Waals surface area contributed by atoms with Gasteiger partial charge in [-0.25, -0.2) is 4.79 Å². The van der Waals surface area contributed by atoms with Crippen LogP contribution in [0.15, 0.2) is 120 Å². The van der Waals surface area contributed by atoms with Crippen LogP contribution in [0.3, 0.4) is 0 Å². The molecular weight excluding hydrogens is 970 g/mol. The average molecular weight is 1020 g/mol. The smallest absolute Gasteiger partial charge is 0.460 e. The van der Waals surface area contributed by atoms with Gasteiger partial charge in [0.25, 0.3) is 0 Å². The number of ether oxygens (including phenoxy) is 1. The van der Waals surface area contributed by atoms with Crippen molar-refractivity contribution in [1.82, 2.24) is 5.01 Å². The zero-order valence-electron chi connectivity index (χ0n) is 39.4. The molecule has 5 aromatic carbocycles. The summed E-state index contributed by atoms with van der Waals surface area (Å²) in [5.74, 6) is -37.3. The van der Waals surface area contributed by atoms with Crippen molar-refractivity contribution in [2.45, 2.75) is 95.2 Å². The van der Waals surface area contributed by atoms with Crippen LogP contribution >= 0.6 is 0 Å². The summed E-state index contributed by atoms with van der Waals surface area (Å²) in [5, 5.41) is 10.1. The first-order valence-electron chi connectivity index (χ1n) is 22.6. The Morgan fingerprint density at radius 1 is 0.542 bits per heavy atom. The Hall–Kier alpha value is -6.72. The van der Waals surface area contributed by atoms with Gasteiger partial charge in [-0.3, -0.25) is 5.01 Å². The van der Waals surface area contributed by atoms with Crippen molar-refractivity contribution >= 4 is 48.1 Å². The fourth-order valence-corrected chi connectivity index (χ4v) is 7.24. The van der Waals surface area contributed by atoms with Gasteiger partial charge in [0.15, 0.2) is 0 Å². The maximum absolute atomic E-state index is 14.3. The Balaban J connectivity index is 1.15. The number of esters is 1. The predicted octanol–water partition coefficient (Wildman–Crippen LogP) is 16.7. The van der Waals surface area contributed by atoms with Crippen molar-refractivity contribution in [3.05, 3.63) is 170 Å². The van der Waals surface area contributed by atoms with Crippen LogP contribution in [-0.4, -0.2) is 60.4 Å². The van der Waals surface area contributed by atoms with Crippen molar-refractivity contribution in [1.29, 1.82) is 0 Å². The van der Waals surface area contributed by atoms with E-state index in [1.54, 1.807) is 29.3 Å². The summed E-state index contributed by atoms with van der Waals surface area (Å²) in [6.45, 7) is 6.62. The molecule has 0 heterocycles. The molecule has 0 spiro atoms. The van der Waals surface area contributed by atoms with Crippen LogP contribution in [0.25, 0.3) is 36.5 Å². The number of carbonyl (C=O) groups is 1. The van der Waals surface area contributed by atoms with Crippen molar-refractivity contribution in [3.63, 3.8) is 0 Å². The van der Waals surface area contributed by atoms with E-state index in [-0.39, 0.29) is 18.1 Å². The fourth-order valence-electron chi connectivity index (χ4n) is 7.24. The highest BCUT2D eigenvalue weighted by atomic mass is 19.4. The molecule has 5 rings (SSSR count). The summed E-state index contributed by atoms with van der Waals surface area (Å²) in [4.78, 5) is 11.8. The number of carbonyl (C=O) groups excluding carboxylic acids is 1. The summed E-state index contributed by atoms with van der Waals surface area (Å²) in [7, 11) is 1.35. The number of aryl methyl sites for hydroxylation is 3. The molecule has 0 aromatic heterocycles. The number of halogens is 13. The summed E-state index contributed by atoms with van der Waals surface area (Å²) in [5.41, 5.74) is 9.87. The molecule has 18 heteroatoms. The maximum Gasteiger partial charge on any atom is 0.460 e. The van der Waals surface area contributed by atoms with E-state index >= 15 is 0 Å². The molecule has 0 bridgehead atoms. The van der Waals surface area contributed by atoms with Gasteiger partial charge in [-0.2, -0.15) is 57.1 Å². The lowest BCUT2D eigenvalue weighted by Crippen LogP contribution is -2.70. The minimum absolute atomic E-state index is 0.111. The van der Waals surface area contributed by atoms with E-state index in [0.29, 0.717) is 29.8 Å². The fraction of sp³-hybridized carbons (Fsp3) is 0.315. The molecule has 0 atom stereocenters. The molecule has 0 fully saturated rings. The van der Waals surface area contributed by atoms with Crippen molar-refractivity contribution in [2.24, 2.45) is 10.3 Å². The van der Waals surface area contributed by atoms with Gasteiger partial charge >= 0.3 is 41.8 Å². The maximum atomic E-state index is 14.3. The lowest BCUT2D eigenvalue weighted by atomic mass is 9.91. The molecule has 0 radical (unpaired) electrons. The minimum atomic E-state index is -7.92. The van der Waals surface area contributed by atoms with Gasteiger partial charge in [0, 0.05) is 13.0 Å². The van der Waals surface area contributed by atoms with E-state index in [2.05, 4.69) is 54.5 Å². The van der Waals surface area contributed by atoms with Gasteiger partial charge in [-0.05, 0) is 106 Å². The van der Waals surface area contributed by atoms with Gasteiger partial charge in [0.1, 0.15) is 0 Å². The molecule has 72 heavy (non-hydrogen) atoms. The standard InChI is InChI=1S/C54H50F13N3O2/c1-5-32-70(35-41-16-14-40(15-17-41)30-31-49(55,56)50(57,58)51(59,60)52(61,62)53(63,64)54(65,66)67)69-68-47-28-22-38(23-29-47)13-10-36-8-11-37(12-9-36)20-26-45-33-43(7-3)46(34-42(45)6-2)27-21-39-18-24-44(25-19-39)48(71)72-4/h8-29,33-34H,5-7,30-32,35H2,1-4H3/b13-10+,26-20+,27-21+,69-68?. The molecule has 0 aliphatic heterocycles. The topological polar surface area (TPSA) is 54.3 Å². The summed E-state index contributed by atoms with van der Waals surface area (Å²) < 4.78 is 180. The van der Waals surface area contributed by atoms with Gasteiger partial charge in [0.2, 0.25) is 0 Å². The first-order valence-corrected chi connectivity index (χ1v) is 22.6. The van der Waals surface area contributed by atoms with Gasteiger partial charge in [0.05, 0.1) is 24.9 Å². The van der Waals surface area contributed by atoms with Crippen LogP contribution in [-0.2, 0) is 30.5 Å². The number of hydrogen-bond acceptors (Lipinski definition) is 4. The van der Waals surface area contributed by atoms with E-state index in [1.165, 1.54) is 30.4 Å². The third kappa shape index (κ3) is 13.0. The third-order valence-electron chi connectivity index (χ3n) is 11.6. The number of nitrogens with zero attached hydrogens (tertiary/aromatic N) is 3. The molecule has 0 saturated heterocycles. The van der Waals surface area contributed by atoms with Crippen LogP contribution in [0.2, 0.25) is 0 Å². The zero-order chi connectivity index (χ0) is 53.1. The minimum Gasteiger partial charge on any atom is -0.465 e. The van der Waals surface area contributed by atoms with E-state index in [0.717, 1.165) is 58.4 Å². The summed E-state index contributed by atoms with van der Waals surface area (Å²) in [6.07, 6.45) is 3.63. The lowest BCUT2D eigenvalue weighted by molar-refractivity contribution is -0.440. The van der Waals surface area contributed by atoms with E-state index in [1.807, 2.05) is 73.7 Å². The first kappa shape index (κ1) is 56.2. The molecule has 384 valence electrons. The molecule has 5 nitrogen and oxygen atoms in total. The predicted molar refractivity (Wildman–Crippen MR) is 253 cm³/mol. The highest BCUT2D eigenvalue weighted by Gasteiger charge is 2.90. The van der Waals surface area contributed by atoms with Crippen molar-refractivity contribution < 1.29 is 66.6 Å². The lowest BCUT2D eigenvalue weighted by Gasteiger charge is -2.39. The van der Waals surface area contributed by atoms with E-state index in [9.17, 15) is 61.9 Å². The molecule has 0 N–H and O–H groups in total. The Morgan fingerprint density at radius 2 is 0.958 bits per heavy atom. The summed E-state index contributed by atoms with van der Waals surface area (Å²) in [6, 6.07) is 31.9. The normalized spacial score (nSPS) is 13.3. The van der Waals surface area contributed by atoms with Crippen molar-refractivity contribution in [3.8, 4) is 0 Å². The van der Waals surface area contributed by atoms with Crippen molar-refractivity contribution in [2.75, 3.05) is 13.7 Å². The quantitative estimate of drug-likeness (QED) is 0.0228. The molecule has 0 aliphatic carbocycles. The van der Waals surface area contributed by atoms with Gasteiger partial charge < -0.3 is 4.74 Å². The van der Waals surface area contributed by atoms with E-state index < -0.39 is 48.6 Å². The number of alkyl halides is 13. The first-order chi connectivity index (χ1) is 33.8. The molecule has 0 unspecified atom stereocenters. The van der Waals surface area contributed by atoms with Crippen LogP contribution < -0.4 is 0 Å². The SMILES string of the molecule is CCCN(Cc1ccc(CCC(F)(F)C(F)(F)C(F)(F)C(F)(F)C(F)(F)C(F)(F)F)cc1)N=Nc1ccc(/C=C/c2ccc(/C=C/c3cc(CC)c(/C=C/c4ccc(C(=O)OC)cc4)cc3CC)cc2)cc1. The van der Waals surface area contributed by atoms with Gasteiger partial charge in [-0.15, -0.1) is 5.11 Å². The van der Waals surface area contributed by atoms with Crippen LogP contribution in [0.5, 0.6) is 0 Å². The van der Waals surface area contributed by atoms with Gasteiger partial charge in [-0.1, -0.05) is 147 Å². The molecular formula is C54H50F13N3O2. The second kappa shape index (κ2) is 23.2. The highest BCUT2D eigenvalue weighted by molar-refractivity contribution is 5.89. The second-order valence-electron chi connectivity index (χ2n) is 16.7. The Bertz CT molecular complexity index is 2710. The number of methoxy groups -OCH3 is 1. The Labute approximate surface area is 408 Å². The Morgan fingerprint density at radius 3 is 1.39 bits per heavy atom. The van der Waals surface area contributed by atoms with Crippen LogP contribution in [0, 0.1) is 0 Å². The number of rotatable bonds is 22. The van der Waals surface area contributed by atoms with Crippen LogP contribution in [0.4, 0.5) is 62.8 Å². The molecule has 0 saturated carbocycles. The monoisotopic (exact) mass is 1020 g/mol.